The molecule has 310 valence electrons. The van der Waals surface area contributed by atoms with Gasteiger partial charge in [0.1, 0.15) is 23.0 Å². The summed E-state index contributed by atoms with van der Waals surface area (Å²) in [6.45, 7) is 27.8. The Morgan fingerprint density at radius 3 is 1.06 bits per heavy atom. The Bertz CT molecular complexity index is 3590. The first kappa shape index (κ1) is 37.4. The van der Waals surface area contributed by atoms with Crippen LogP contribution >= 0.6 is 0 Å². The Balaban J connectivity index is 1.11. The van der Waals surface area contributed by atoms with Crippen LogP contribution in [-0.4, -0.2) is 15.5 Å². The largest absolute Gasteiger partial charge is 0.458 e. The number of rotatable bonds is 0. The molecule has 0 saturated carbocycles. The summed E-state index contributed by atoms with van der Waals surface area (Å²) in [5, 5.41) is 10.4. The minimum Gasteiger partial charge on any atom is -0.458 e. The molecular weight excluding hydrogens is 767 g/mol. The Morgan fingerprint density at radius 1 is 0.349 bits per heavy atom. The van der Waals surface area contributed by atoms with Gasteiger partial charge in [0.05, 0.1) is 33.1 Å². The zero-order valence-corrected chi connectivity index (χ0v) is 38.6. The number of hydrogen-bond acceptors (Lipinski definition) is 2. The molecule has 0 atom stereocenters. The maximum Gasteiger partial charge on any atom is 0.260 e. The standard InChI is InChI=1S/C58H53BN2O2/c1-55(2,3)30-16-18-44-34(20-30)38-22-32(57(7,8)9)24-40-36-26-42-50(28-46(36)60(44)53(38)40)62-48-14-13-15-49-52(48)59(42)43-27-37-41-25-33(58(10,11)12)23-39-35-21-31(56(4,5)6)17-19-45(35)61(54(39)41)47(37)29-51(43)63-49/h13-29H,1-12H3. The first-order valence-corrected chi connectivity index (χ1v) is 22.9. The van der Waals surface area contributed by atoms with Crippen LogP contribution in [0.25, 0.3) is 76.2 Å². The molecule has 4 aromatic heterocycles. The topological polar surface area (TPSA) is 27.3 Å². The van der Waals surface area contributed by atoms with Crippen molar-refractivity contribution in [2.45, 2.75) is 105 Å². The summed E-state index contributed by atoms with van der Waals surface area (Å²) in [5.74, 6) is 3.54. The SMILES string of the molecule is CC(C)(C)c1ccc2c(c1)c1cc(C(C)(C)C)cc3c4cc5c(cc4n2c13)Oc1cccc2c1B5c1cc3c4cc(C(C)(C)C)cc5c6cc(C(C)(C)C)ccc6n(c3cc1O2)c54. The highest BCUT2D eigenvalue weighted by Gasteiger charge is 2.42. The molecule has 0 N–H and O–H groups in total. The summed E-state index contributed by atoms with van der Waals surface area (Å²) < 4.78 is 19.0. The van der Waals surface area contributed by atoms with E-state index in [1.165, 1.54) is 109 Å². The van der Waals surface area contributed by atoms with Crippen LogP contribution in [0.5, 0.6) is 23.0 Å². The molecule has 7 aromatic carbocycles. The number of fused-ring (bicyclic) bond motifs is 16. The summed E-state index contributed by atoms with van der Waals surface area (Å²) in [6, 6.07) is 39.9. The number of nitrogens with zero attached hydrogens (tertiary/aromatic N) is 2. The highest BCUT2D eigenvalue weighted by molar-refractivity contribution is 6.98. The first-order valence-electron chi connectivity index (χ1n) is 22.9. The molecule has 5 heteroatoms. The average Bonchev–Trinajstić information content (AvgIpc) is 3.93. The first-order chi connectivity index (χ1) is 29.7. The van der Waals surface area contributed by atoms with Crippen molar-refractivity contribution in [2.24, 2.45) is 0 Å². The van der Waals surface area contributed by atoms with Gasteiger partial charge in [-0.25, -0.2) is 0 Å². The second kappa shape index (κ2) is 11.5. The fourth-order valence-electron chi connectivity index (χ4n) is 11.3. The van der Waals surface area contributed by atoms with E-state index in [1.807, 2.05) is 0 Å². The van der Waals surface area contributed by atoms with Crippen LogP contribution in [0.2, 0.25) is 0 Å². The lowest BCUT2D eigenvalue weighted by atomic mass is 9.34. The molecule has 0 amide bonds. The smallest absolute Gasteiger partial charge is 0.260 e. The minimum absolute atomic E-state index is 0.0242. The predicted octanol–water partition coefficient (Wildman–Crippen LogP) is 13.9. The molecule has 11 aromatic rings. The molecular formula is C58H53BN2O2. The van der Waals surface area contributed by atoms with Gasteiger partial charge in [0.15, 0.2) is 0 Å². The van der Waals surface area contributed by atoms with E-state index in [2.05, 4.69) is 195 Å². The Labute approximate surface area is 369 Å². The van der Waals surface area contributed by atoms with Crippen molar-refractivity contribution in [1.82, 2.24) is 8.80 Å². The van der Waals surface area contributed by atoms with Crippen LogP contribution < -0.4 is 25.9 Å². The maximum atomic E-state index is 7.00. The lowest BCUT2D eigenvalue weighted by Gasteiger charge is -2.33. The lowest BCUT2D eigenvalue weighted by molar-refractivity contribution is 0.465. The van der Waals surface area contributed by atoms with Gasteiger partial charge in [-0.05, 0) is 116 Å². The van der Waals surface area contributed by atoms with Crippen molar-refractivity contribution in [3.63, 3.8) is 0 Å². The molecule has 63 heavy (non-hydrogen) atoms. The minimum atomic E-state index is -0.0704. The lowest BCUT2D eigenvalue weighted by Crippen LogP contribution is -2.57. The van der Waals surface area contributed by atoms with Crippen LogP contribution in [0.4, 0.5) is 0 Å². The van der Waals surface area contributed by atoms with Crippen LogP contribution in [0.1, 0.15) is 105 Å². The van der Waals surface area contributed by atoms with Crippen molar-refractivity contribution in [2.75, 3.05) is 0 Å². The number of hydrogen-bond donors (Lipinski definition) is 0. The molecule has 0 radical (unpaired) electrons. The van der Waals surface area contributed by atoms with E-state index in [1.54, 1.807) is 0 Å². The molecule has 0 aliphatic carbocycles. The van der Waals surface area contributed by atoms with Gasteiger partial charge >= 0.3 is 0 Å². The van der Waals surface area contributed by atoms with Gasteiger partial charge in [0.25, 0.3) is 6.71 Å². The van der Waals surface area contributed by atoms with E-state index < -0.39 is 0 Å². The van der Waals surface area contributed by atoms with Gasteiger partial charge < -0.3 is 18.3 Å². The van der Waals surface area contributed by atoms with E-state index >= 15 is 0 Å². The highest BCUT2D eigenvalue weighted by Crippen LogP contribution is 2.47. The van der Waals surface area contributed by atoms with Crippen LogP contribution in [0.3, 0.4) is 0 Å². The molecule has 4 nitrogen and oxygen atoms in total. The Morgan fingerprint density at radius 2 is 0.698 bits per heavy atom. The van der Waals surface area contributed by atoms with Gasteiger partial charge in [0.2, 0.25) is 0 Å². The third kappa shape index (κ3) is 4.89. The molecule has 0 fully saturated rings. The van der Waals surface area contributed by atoms with E-state index in [0.29, 0.717) is 0 Å². The molecule has 0 bridgehead atoms. The van der Waals surface area contributed by atoms with Crippen LogP contribution in [0, 0.1) is 0 Å². The van der Waals surface area contributed by atoms with Gasteiger partial charge in [-0.2, -0.15) is 0 Å². The fourth-order valence-corrected chi connectivity index (χ4v) is 11.3. The van der Waals surface area contributed by atoms with E-state index in [9.17, 15) is 0 Å². The van der Waals surface area contributed by atoms with Gasteiger partial charge in [-0.15, -0.1) is 0 Å². The normalized spacial score (nSPS) is 14.6. The molecule has 2 aliphatic rings. The van der Waals surface area contributed by atoms with Crippen molar-refractivity contribution in [3.05, 3.63) is 125 Å². The molecule has 0 spiro atoms. The third-order valence-electron chi connectivity index (χ3n) is 14.9. The fraction of sp³-hybridized carbons (Fsp3) is 0.276. The summed E-state index contributed by atoms with van der Waals surface area (Å²) in [6.07, 6.45) is 0. The predicted molar refractivity (Wildman–Crippen MR) is 268 cm³/mol. The van der Waals surface area contributed by atoms with Crippen molar-refractivity contribution in [3.8, 4) is 23.0 Å². The second-order valence-electron chi connectivity index (χ2n) is 23.1. The Kier molecular flexibility index (Phi) is 6.81. The molecule has 2 aliphatic heterocycles. The summed E-state index contributed by atoms with van der Waals surface area (Å²) in [4.78, 5) is 0. The van der Waals surface area contributed by atoms with Crippen molar-refractivity contribution >= 4 is 99.3 Å². The van der Waals surface area contributed by atoms with E-state index in [0.717, 1.165) is 28.5 Å². The third-order valence-corrected chi connectivity index (χ3v) is 14.9. The summed E-state index contributed by atoms with van der Waals surface area (Å²) in [5.41, 5.74) is 16.3. The van der Waals surface area contributed by atoms with Gasteiger partial charge in [0, 0.05) is 60.7 Å². The van der Waals surface area contributed by atoms with Crippen molar-refractivity contribution < 1.29 is 9.47 Å². The number of aromatic nitrogens is 2. The number of ether oxygens (including phenoxy) is 2. The summed E-state index contributed by atoms with van der Waals surface area (Å²) in [7, 11) is 0. The van der Waals surface area contributed by atoms with Crippen LogP contribution in [-0.2, 0) is 21.7 Å². The quantitative estimate of drug-likeness (QED) is 0.143. The second-order valence-corrected chi connectivity index (χ2v) is 23.1. The van der Waals surface area contributed by atoms with Crippen LogP contribution in [0.15, 0.2) is 103 Å². The molecule has 6 heterocycles. The molecule has 13 rings (SSSR count). The number of benzene rings is 7. The van der Waals surface area contributed by atoms with Gasteiger partial charge in [-0.1, -0.05) is 113 Å². The van der Waals surface area contributed by atoms with Crippen molar-refractivity contribution in [1.29, 1.82) is 0 Å². The molecule has 0 saturated heterocycles. The Hall–Kier alpha value is -6.20. The van der Waals surface area contributed by atoms with E-state index in [4.69, 9.17) is 9.47 Å². The zero-order chi connectivity index (χ0) is 43.6. The summed E-state index contributed by atoms with van der Waals surface area (Å²) >= 11 is 0. The monoisotopic (exact) mass is 820 g/mol. The highest BCUT2D eigenvalue weighted by atomic mass is 16.5. The molecule has 0 unspecified atom stereocenters. The zero-order valence-electron chi connectivity index (χ0n) is 38.6. The average molecular weight is 821 g/mol. The van der Waals surface area contributed by atoms with Gasteiger partial charge in [-0.3, -0.25) is 0 Å². The maximum absolute atomic E-state index is 7.00. The van der Waals surface area contributed by atoms with E-state index in [-0.39, 0.29) is 28.4 Å².